The van der Waals surface area contributed by atoms with Crippen molar-refractivity contribution in [2.45, 2.75) is 75.0 Å². The van der Waals surface area contributed by atoms with E-state index in [0.29, 0.717) is 25.2 Å². The molecule has 1 heterocycles. The van der Waals surface area contributed by atoms with Crippen LogP contribution in [0.4, 0.5) is 5.69 Å². The number of anilines is 1. The zero-order valence-corrected chi connectivity index (χ0v) is 31.2. The number of amides is 1. The molecule has 12 nitrogen and oxygen atoms in total. The molecule has 0 fully saturated rings. The second-order valence-corrected chi connectivity index (χ2v) is 16.6. The third kappa shape index (κ3) is 9.75. The Bertz CT molecular complexity index is 1800. The van der Waals surface area contributed by atoms with Gasteiger partial charge in [0, 0.05) is 38.3 Å². The molecule has 14 heteroatoms. The van der Waals surface area contributed by atoms with Crippen molar-refractivity contribution in [2.75, 3.05) is 45.2 Å². The molecule has 1 amide bonds. The van der Waals surface area contributed by atoms with Crippen molar-refractivity contribution in [1.29, 1.82) is 0 Å². The molecule has 2 N–H and O–H groups in total. The number of aliphatic hydroxyl groups is 1. The first-order chi connectivity index (χ1) is 23.7. The predicted octanol–water partition coefficient (Wildman–Crippen LogP) is 4.92. The van der Waals surface area contributed by atoms with Crippen LogP contribution in [0, 0.1) is 12.8 Å². The molecule has 0 spiro atoms. The Morgan fingerprint density at radius 3 is 2.30 bits per heavy atom. The Hall–Kier alpha value is -3.69. The van der Waals surface area contributed by atoms with Gasteiger partial charge < -0.3 is 24.2 Å². The van der Waals surface area contributed by atoms with Crippen molar-refractivity contribution >= 4 is 31.6 Å². The molecule has 0 aliphatic carbocycles. The van der Waals surface area contributed by atoms with Gasteiger partial charge in [0.15, 0.2) is 0 Å². The summed E-state index contributed by atoms with van der Waals surface area (Å²) in [6, 6.07) is 16.5. The van der Waals surface area contributed by atoms with Gasteiger partial charge >= 0.3 is 0 Å². The molecular weight excluding hydrogens is 683 g/mol. The summed E-state index contributed by atoms with van der Waals surface area (Å²) in [4.78, 5) is 16.1. The van der Waals surface area contributed by atoms with Gasteiger partial charge in [0.2, 0.25) is 10.0 Å². The summed E-state index contributed by atoms with van der Waals surface area (Å²) in [5.74, 6) is -0.0627. The molecule has 0 bridgehead atoms. The van der Waals surface area contributed by atoms with Gasteiger partial charge in [-0.3, -0.25) is 9.52 Å². The van der Waals surface area contributed by atoms with Crippen LogP contribution in [-0.4, -0.2) is 95.8 Å². The fourth-order valence-electron chi connectivity index (χ4n) is 5.66. The molecule has 0 radical (unpaired) electrons. The number of hydrogen-bond acceptors (Lipinski definition) is 9. The highest BCUT2D eigenvalue weighted by Gasteiger charge is 2.32. The Morgan fingerprint density at radius 2 is 1.66 bits per heavy atom. The van der Waals surface area contributed by atoms with Crippen molar-refractivity contribution in [3.63, 3.8) is 0 Å². The van der Waals surface area contributed by atoms with E-state index >= 15 is 0 Å². The third-order valence-electron chi connectivity index (χ3n) is 8.84. The lowest BCUT2D eigenvalue weighted by molar-refractivity contribution is -0.00833. The molecule has 0 saturated heterocycles. The maximum Gasteiger partial charge on any atom is 0.261 e. The highest BCUT2D eigenvalue weighted by atomic mass is 32.2. The number of rotatable bonds is 10. The summed E-state index contributed by atoms with van der Waals surface area (Å²) in [6.45, 7) is 7.56. The summed E-state index contributed by atoms with van der Waals surface area (Å²) >= 11 is 0. The minimum atomic E-state index is -4.02. The predicted molar refractivity (Wildman–Crippen MR) is 192 cm³/mol. The van der Waals surface area contributed by atoms with Crippen LogP contribution >= 0.6 is 0 Å². The SMILES string of the molecule is COc1ccc(S(=O)(=O)Nc2ccc3c(c2)C(=O)N([C@@H](C)CO)C[C@H](C)[C@H](CN(C)S(=O)(=O)c2ccc(C)cc2)OCCCC[C@H](C)O3)cc1. The van der Waals surface area contributed by atoms with Gasteiger partial charge in [-0.25, -0.2) is 16.8 Å². The monoisotopic (exact) mass is 731 g/mol. The second kappa shape index (κ2) is 17.0. The number of methoxy groups -OCH3 is 1. The lowest BCUT2D eigenvalue weighted by Crippen LogP contribution is -2.48. The van der Waals surface area contributed by atoms with Crippen LogP contribution in [0.25, 0.3) is 0 Å². The number of likely N-dealkylation sites (N-methyl/N-ethyl adjacent to an activating group) is 1. The summed E-state index contributed by atoms with van der Waals surface area (Å²) in [5.41, 5.74) is 1.22. The Balaban J connectivity index is 1.67. The first-order valence-electron chi connectivity index (χ1n) is 16.7. The van der Waals surface area contributed by atoms with Crippen molar-refractivity contribution in [1.82, 2.24) is 9.21 Å². The summed E-state index contributed by atoms with van der Waals surface area (Å²) < 4.78 is 75.0. The topological polar surface area (TPSA) is 152 Å². The van der Waals surface area contributed by atoms with Gasteiger partial charge in [-0.2, -0.15) is 4.31 Å². The first kappa shape index (κ1) is 39.1. The lowest BCUT2D eigenvalue weighted by atomic mass is 10.0. The summed E-state index contributed by atoms with van der Waals surface area (Å²) in [5, 5.41) is 10.2. The number of carbonyl (C=O) groups excluding carboxylic acids is 1. The third-order valence-corrected chi connectivity index (χ3v) is 12.1. The summed E-state index contributed by atoms with van der Waals surface area (Å²) in [7, 11) is -4.84. The molecule has 4 rings (SSSR count). The molecule has 1 aliphatic heterocycles. The molecular formula is C36H49N3O9S2. The number of carbonyl (C=O) groups is 1. The minimum absolute atomic E-state index is 0.0133. The van der Waals surface area contributed by atoms with Crippen LogP contribution in [0.15, 0.2) is 76.5 Å². The number of aliphatic hydroxyl groups excluding tert-OH is 1. The molecule has 4 atom stereocenters. The molecule has 274 valence electrons. The number of fused-ring (bicyclic) bond motifs is 1. The quantitative estimate of drug-likeness (QED) is 0.296. The van der Waals surface area contributed by atoms with Gasteiger partial charge in [0.25, 0.3) is 15.9 Å². The molecule has 50 heavy (non-hydrogen) atoms. The number of benzene rings is 3. The first-order valence-corrected chi connectivity index (χ1v) is 19.6. The Morgan fingerprint density at radius 1 is 1.00 bits per heavy atom. The Kier molecular flexibility index (Phi) is 13.3. The van der Waals surface area contributed by atoms with E-state index < -0.39 is 38.1 Å². The largest absolute Gasteiger partial charge is 0.497 e. The Labute approximate surface area is 296 Å². The number of sulfonamides is 2. The van der Waals surface area contributed by atoms with E-state index in [2.05, 4.69) is 4.72 Å². The molecule has 0 aromatic heterocycles. The van der Waals surface area contributed by atoms with E-state index in [9.17, 15) is 26.7 Å². The molecule has 3 aromatic rings. The van der Waals surface area contributed by atoms with E-state index in [0.717, 1.165) is 12.0 Å². The van der Waals surface area contributed by atoms with Crippen molar-refractivity contribution in [3.8, 4) is 11.5 Å². The maximum absolute atomic E-state index is 14.4. The smallest absolute Gasteiger partial charge is 0.261 e. The van der Waals surface area contributed by atoms with Gasteiger partial charge in [0.1, 0.15) is 11.5 Å². The fourth-order valence-corrected chi connectivity index (χ4v) is 7.89. The van der Waals surface area contributed by atoms with Crippen LogP contribution in [0.3, 0.4) is 0 Å². The molecule has 3 aromatic carbocycles. The van der Waals surface area contributed by atoms with E-state index in [1.54, 1.807) is 55.5 Å². The van der Waals surface area contributed by atoms with Crippen molar-refractivity contribution < 1.29 is 40.9 Å². The van der Waals surface area contributed by atoms with Crippen LogP contribution in [0.2, 0.25) is 0 Å². The van der Waals surface area contributed by atoms with Crippen LogP contribution in [0.1, 0.15) is 56.0 Å². The van der Waals surface area contributed by atoms with Crippen LogP contribution in [-0.2, 0) is 24.8 Å². The minimum Gasteiger partial charge on any atom is -0.497 e. The number of nitrogens with one attached hydrogen (secondary N) is 1. The normalized spacial score (nSPS) is 20.4. The van der Waals surface area contributed by atoms with Crippen LogP contribution < -0.4 is 14.2 Å². The summed E-state index contributed by atoms with van der Waals surface area (Å²) in [6.07, 6.45) is 1.26. The van der Waals surface area contributed by atoms with Gasteiger partial charge in [-0.15, -0.1) is 0 Å². The van der Waals surface area contributed by atoms with E-state index in [1.807, 2.05) is 20.8 Å². The van der Waals surface area contributed by atoms with Gasteiger partial charge in [-0.05, 0) is 94.6 Å². The lowest BCUT2D eigenvalue weighted by Gasteiger charge is -2.35. The molecule has 1 aliphatic rings. The number of hydrogen-bond donors (Lipinski definition) is 2. The number of nitrogens with zero attached hydrogens (tertiary/aromatic N) is 2. The standard InChI is InChI=1S/C36H49N3O9S2/c1-25-10-15-32(16-11-25)50(44,45)38(5)23-35-26(2)22-39(27(3)24-40)36(41)33-21-29(12-19-34(33)48-28(4)9-7-8-20-47-35)37-49(42,43)31-17-13-30(46-6)14-18-31/h10-19,21,26-28,35,37,40H,7-9,20,22-24H2,1-6H3/t26-,27-,28-,35-/m0/s1. The van der Waals surface area contributed by atoms with E-state index in [-0.39, 0.29) is 58.5 Å². The highest BCUT2D eigenvalue weighted by molar-refractivity contribution is 7.92. The average Bonchev–Trinajstić information content (AvgIpc) is 3.09. The van der Waals surface area contributed by atoms with Gasteiger partial charge in [-0.1, -0.05) is 24.6 Å². The van der Waals surface area contributed by atoms with Gasteiger partial charge in [0.05, 0.1) is 47.3 Å². The number of ether oxygens (including phenoxy) is 3. The van der Waals surface area contributed by atoms with Crippen molar-refractivity contribution in [2.24, 2.45) is 5.92 Å². The van der Waals surface area contributed by atoms with Crippen molar-refractivity contribution in [3.05, 3.63) is 77.9 Å². The van der Waals surface area contributed by atoms with Crippen LogP contribution in [0.5, 0.6) is 11.5 Å². The maximum atomic E-state index is 14.4. The zero-order valence-electron chi connectivity index (χ0n) is 29.5. The fraction of sp³-hybridized carbons (Fsp3) is 0.472. The molecule has 0 unspecified atom stereocenters. The highest BCUT2D eigenvalue weighted by Crippen LogP contribution is 2.30. The average molecular weight is 732 g/mol. The second-order valence-electron chi connectivity index (χ2n) is 12.9. The zero-order chi connectivity index (χ0) is 36.6. The molecule has 0 saturated carbocycles. The number of aryl methyl sites for hydroxylation is 1. The van der Waals surface area contributed by atoms with E-state index in [1.165, 1.54) is 41.6 Å². The van der Waals surface area contributed by atoms with E-state index in [4.69, 9.17) is 14.2 Å².